The lowest BCUT2D eigenvalue weighted by molar-refractivity contribution is 0.0238. The van der Waals surface area contributed by atoms with Gasteiger partial charge in [0.25, 0.3) is 5.91 Å². The highest BCUT2D eigenvalue weighted by Gasteiger charge is 2.31. The van der Waals surface area contributed by atoms with Crippen LogP contribution in [0.5, 0.6) is 0 Å². The highest BCUT2D eigenvalue weighted by Crippen LogP contribution is 2.26. The molecule has 3 heterocycles. The van der Waals surface area contributed by atoms with Gasteiger partial charge in [-0.15, -0.1) is 11.3 Å². The molecule has 1 atom stereocenters. The van der Waals surface area contributed by atoms with Crippen molar-refractivity contribution in [3.05, 3.63) is 76.2 Å². The number of nitrogens with zero attached hydrogens (tertiary/aromatic N) is 3. The Morgan fingerprint density at radius 2 is 1.92 bits per heavy atom. The summed E-state index contributed by atoms with van der Waals surface area (Å²) in [6.07, 6.45) is 3.99. The SMILES string of the molecule is CN(C(=O)OC(C)(C)C)C1CCN(c2ccc(NC(=O)c3ccc(C#Cc4cccnc4)s3)cc2)C1. The van der Waals surface area contributed by atoms with Crippen molar-refractivity contribution in [1.29, 1.82) is 0 Å². The summed E-state index contributed by atoms with van der Waals surface area (Å²) in [4.78, 5) is 34.5. The van der Waals surface area contributed by atoms with Gasteiger partial charge in [0.1, 0.15) is 5.60 Å². The number of hydrogen-bond donors (Lipinski definition) is 1. The van der Waals surface area contributed by atoms with E-state index in [-0.39, 0.29) is 18.0 Å². The normalized spacial score (nSPS) is 15.1. The van der Waals surface area contributed by atoms with Crippen LogP contribution in [0.2, 0.25) is 0 Å². The third kappa shape index (κ3) is 6.64. The molecule has 1 fully saturated rings. The van der Waals surface area contributed by atoms with Crippen molar-refractivity contribution in [2.75, 3.05) is 30.4 Å². The van der Waals surface area contributed by atoms with E-state index in [0.29, 0.717) is 4.88 Å². The first-order chi connectivity index (χ1) is 17.2. The van der Waals surface area contributed by atoms with Crippen molar-refractivity contribution in [1.82, 2.24) is 9.88 Å². The molecule has 2 aromatic heterocycles. The zero-order chi connectivity index (χ0) is 25.7. The van der Waals surface area contributed by atoms with E-state index in [1.807, 2.05) is 63.2 Å². The number of benzene rings is 1. The molecule has 0 saturated carbocycles. The van der Waals surface area contributed by atoms with E-state index >= 15 is 0 Å². The largest absolute Gasteiger partial charge is 0.444 e. The lowest BCUT2D eigenvalue weighted by Gasteiger charge is -2.28. The summed E-state index contributed by atoms with van der Waals surface area (Å²) in [7, 11) is 1.79. The van der Waals surface area contributed by atoms with E-state index in [9.17, 15) is 9.59 Å². The molecule has 2 amide bonds. The van der Waals surface area contributed by atoms with Crippen molar-refractivity contribution < 1.29 is 14.3 Å². The van der Waals surface area contributed by atoms with E-state index in [2.05, 4.69) is 27.0 Å². The summed E-state index contributed by atoms with van der Waals surface area (Å²) in [5, 5.41) is 2.95. The number of anilines is 2. The molecule has 8 heteroatoms. The third-order valence-corrected chi connectivity index (χ3v) is 6.70. The topological polar surface area (TPSA) is 74.8 Å². The van der Waals surface area contributed by atoms with Gasteiger partial charge >= 0.3 is 6.09 Å². The van der Waals surface area contributed by atoms with Gasteiger partial charge in [-0.1, -0.05) is 11.8 Å². The van der Waals surface area contributed by atoms with Crippen LogP contribution in [0.1, 0.15) is 47.3 Å². The number of ether oxygens (including phenoxy) is 1. The summed E-state index contributed by atoms with van der Waals surface area (Å²) in [6.45, 7) is 7.20. The van der Waals surface area contributed by atoms with Crippen molar-refractivity contribution in [3.63, 3.8) is 0 Å². The third-order valence-electron chi connectivity index (χ3n) is 5.70. The molecule has 186 valence electrons. The Labute approximate surface area is 216 Å². The van der Waals surface area contributed by atoms with Gasteiger partial charge in [0.05, 0.1) is 15.8 Å². The number of carbonyl (C=O) groups is 2. The van der Waals surface area contributed by atoms with Crippen molar-refractivity contribution in [2.24, 2.45) is 0 Å². The molecule has 0 aliphatic carbocycles. The van der Waals surface area contributed by atoms with E-state index in [1.54, 1.807) is 30.4 Å². The van der Waals surface area contributed by atoms with Gasteiger partial charge < -0.3 is 19.9 Å². The minimum absolute atomic E-state index is 0.0912. The van der Waals surface area contributed by atoms with Crippen LogP contribution < -0.4 is 10.2 Å². The molecule has 0 radical (unpaired) electrons. The fraction of sp³-hybridized carbons (Fsp3) is 0.321. The average molecular weight is 503 g/mol. The van der Waals surface area contributed by atoms with Gasteiger partial charge in [-0.3, -0.25) is 9.78 Å². The number of likely N-dealkylation sites (N-methyl/N-ethyl adjacent to an activating group) is 1. The minimum Gasteiger partial charge on any atom is -0.444 e. The number of aromatic nitrogens is 1. The van der Waals surface area contributed by atoms with Crippen LogP contribution in [0.4, 0.5) is 16.2 Å². The van der Waals surface area contributed by atoms with Crippen LogP contribution >= 0.6 is 11.3 Å². The Hall–Kier alpha value is -3.83. The smallest absolute Gasteiger partial charge is 0.410 e. The van der Waals surface area contributed by atoms with Gasteiger partial charge in [-0.2, -0.15) is 0 Å². The number of rotatable bonds is 4. The van der Waals surface area contributed by atoms with Crippen molar-refractivity contribution in [3.8, 4) is 11.8 Å². The van der Waals surface area contributed by atoms with E-state index in [1.165, 1.54) is 11.3 Å². The van der Waals surface area contributed by atoms with Crippen molar-refractivity contribution in [2.45, 2.75) is 38.8 Å². The first-order valence-corrected chi connectivity index (χ1v) is 12.6. The predicted molar refractivity (Wildman–Crippen MR) is 144 cm³/mol. The number of pyridine rings is 1. The molecular weight excluding hydrogens is 472 g/mol. The van der Waals surface area contributed by atoms with Crippen LogP contribution in [0.15, 0.2) is 60.9 Å². The molecule has 1 N–H and O–H groups in total. The monoisotopic (exact) mass is 502 g/mol. The maximum absolute atomic E-state index is 12.7. The Morgan fingerprint density at radius 1 is 1.14 bits per heavy atom. The molecule has 3 aromatic rings. The Balaban J connectivity index is 1.32. The molecule has 4 rings (SSSR count). The maximum Gasteiger partial charge on any atom is 0.410 e. The molecule has 0 spiro atoms. The van der Waals surface area contributed by atoms with E-state index < -0.39 is 5.60 Å². The Kier molecular flexibility index (Phi) is 7.61. The summed E-state index contributed by atoms with van der Waals surface area (Å²) in [5.41, 5.74) is 2.10. The summed E-state index contributed by atoms with van der Waals surface area (Å²) < 4.78 is 5.50. The highest BCUT2D eigenvalue weighted by atomic mass is 32.1. The Bertz CT molecular complexity index is 1270. The molecular formula is C28H30N4O3S. The zero-order valence-electron chi connectivity index (χ0n) is 20.9. The number of amides is 2. The average Bonchev–Trinajstić information content (AvgIpc) is 3.53. The van der Waals surface area contributed by atoms with Gasteiger partial charge in [0, 0.05) is 49.5 Å². The van der Waals surface area contributed by atoms with E-state index in [0.717, 1.165) is 41.3 Å². The van der Waals surface area contributed by atoms with Gasteiger partial charge in [0.2, 0.25) is 0 Å². The second-order valence-corrected chi connectivity index (χ2v) is 10.7. The molecule has 0 bridgehead atoms. The first kappa shape index (κ1) is 25.3. The van der Waals surface area contributed by atoms with Gasteiger partial charge in [-0.05, 0) is 75.7 Å². The maximum atomic E-state index is 12.7. The standard InChI is InChI=1S/C28H30N4O3S/c1-28(2,3)35-27(34)31(4)23-15-17-32(19-23)22-10-8-21(9-11-22)30-26(33)25-14-13-24(36-25)12-7-20-6-5-16-29-18-20/h5-6,8-11,13-14,16,18,23H,15,17,19H2,1-4H3,(H,30,33). The Morgan fingerprint density at radius 3 is 2.61 bits per heavy atom. The number of thiophene rings is 1. The quantitative estimate of drug-likeness (QED) is 0.494. The number of carbonyl (C=O) groups excluding carboxylic acids is 2. The van der Waals surface area contributed by atoms with Crippen LogP contribution in [-0.4, -0.2) is 53.7 Å². The molecule has 7 nitrogen and oxygen atoms in total. The number of nitrogens with one attached hydrogen (secondary N) is 1. The second-order valence-electron chi connectivity index (χ2n) is 9.64. The van der Waals surface area contributed by atoms with Gasteiger partial charge in [-0.25, -0.2) is 4.79 Å². The van der Waals surface area contributed by atoms with Crippen LogP contribution in [0.3, 0.4) is 0 Å². The molecule has 1 saturated heterocycles. The van der Waals surface area contributed by atoms with Crippen LogP contribution in [0.25, 0.3) is 0 Å². The second kappa shape index (κ2) is 10.8. The van der Waals surface area contributed by atoms with Crippen LogP contribution in [0, 0.1) is 11.8 Å². The molecule has 1 unspecified atom stereocenters. The summed E-state index contributed by atoms with van der Waals surface area (Å²) in [6, 6.07) is 15.2. The first-order valence-electron chi connectivity index (χ1n) is 11.8. The van der Waals surface area contributed by atoms with E-state index in [4.69, 9.17) is 4.74 Å². The summed E-state index contributed by atoms with van der Waals surface area (Å²) in [5.74, 6) is 5.97. The van der Waals surface area contributed by atoms with Crippen LogP contribution in [-0.2, 0) is 4.74 Å². The highest BCUT2D eigenvalue weighted by molar-refractivity contribution is 7.14. The lowest BCUT2D eigenvalue weighted by atomic mass is 10.2. The molecule has 1 aliphatic heterocycles. The molecule has 1 aromatic carbocycles. The van der Waals surface area contributed by atoms with Crippen molar-refractivity contribution >= 4 is 34.7 Å². The predicted octanol–water partition coefficient (Wildman–Crippen LogP) is 5.24. The van der Waals surface area contributed by atoms with Gasteiger partial charge in [0.15, 0.2) is 0 Å². The fourth-order valence-electron chi connectivity index (χ4n) is 3.82. The minimum atomic E-state index is -0.512. The lowest BCUT2D eigenvalue weighted by Crippen LogP contribution is -2.42. The number of hydrogen-bond acceptors (Lipinski definition) is 6. The fourth-order valence-corrected chi connectivity index (χ4v) is 4.58. The summed E-state index contributed by atoms with van der Waals surface area (Å²) >= 11 is 1.35. The zero-order valence-corrected chi connectivity index (χ0v) is 21.8. The molecule has 1 aliphatic rings. The molecule has 36 heavy (non-hydrogen) atoms.